The van der Waals surface area contributed by atoms with Gasteiger partial charge in [0.05, 0.1) is 22.3 Å². The number of aromatic nitrogens is 3. The van der Waals surface area contributed by atoms with Crippen molar-refractivity contribution in [1.29, 1.82) is 0 Å². The van der Waals surface area contributed by atoms with Gasteiger partial charge in [0.1, 0.15) is 6.04 Å². The number of nitrogens with two attached hydrogens (primary N) is 1. The molecular weight excluding hydrogens is 420 g/mol. The summed E-state index contributed by atoms with van der Waals surface area (Å²) in [7, 11) is 0. The van der Waals surface area contributed by atoms with Crippen molar-refractivity contribution in [2.75, 3.05) is 0 Å². The third-order valence-electron chi connectivity index (χ3n) is 5.89. The summed E-state index contributed by atoms with van der Waals surface area (Å²) >= 11 is 1.20. The second-order valence-corrected chi connectivity index (χ2v) is 9.32. The highest BCUT2D eigenvalue weighted by Gasteiger charge is 2.46. The van der Waals surface area contributed by atoms with E-state index < -0.39 is 23.9 Å². The average Bonchev–Trinajstić information content (AvgIpc) is 3.32. The normalized spacial score (nSPS) is 23.5. The molecule has 0 aromatic carbocycles. The third-order valence-corrected chi connectivity index (χ3v) is 6.91. The summed E-state index contributed by atoms with van der Waals surface area (Å²) in [5, 5.41) is 6.97. The number of hydrogen-bond acceptors (Lipinski definition) is 5. The van der Waals surface area contributed by atoms with Crippen molar-refractivity contribution in [2.45, 2.75) is 50.1 Å². The van der Waals surface area contributed by atoms with Crippen LogP contribution in [0.1, 0.15) is 46.8 Å². The first kappa shape index (κ1) is 20.3. The maximum atomic E-state index is 14.4. The molecule has 0 saturated heterocycles. The van der Waals surface area contributed by atoms with Gasteiger partial charge in [-0.05, 0) is 49.8 Å². The van der Waals surface area contributed by atoms with Gasteiger partial charge >= 0.3 is 0 Å². The molecule has 3 aromatic heterocycles. The lowest BCUT2D eigenvalue weighted by molar-refractivity contribution is -0.0674. The summed E-state index contributed by atoms with van der Waals surface area (Å²) in [6.45, 7) is 0. The standard InChI is InChI=1S/C22H23F2N5OS/c23-22(24)10-3-4-15(25)19(22)28-20(30)21-27-18(17(31-21)9-8-13-6-7-13)14-12-26-29-11-2-1-5-16(14)29/h1-2,5,8-9,11-13,15,19H,3-4,6-7,10,25H2,(H,28,30)/b9-8+/t15-,19-/m1/s1. The monoisotopic (exact) mass is 443 g/mol. The van der Waals surface area contributed by atoms with Crippen LogP contribution in [-0.4, -0.2) is 38.5 Å². The zero-order chi connectivity index (χ0) is 21.6. The van der Waals surface area contributed by atoms with E-state index in [0.29, 0.717) is 24.5 Å². The van der Waals surface area contributed by atoms with E-state index in [1.165, 1.54) is 11.3 Å². The number of allylic oxidation sites excluding steroid dienone is 1. The van der Waals surface area contributed by atoms with Gasteiger partial charge in [-0.2, -0.15) is 5.10 Å². The first-order valence-electron chi connectivity index (χ1n) is 10.5. The molecule has 2 aliphatic rings. The number of alkyl halides is 2. The highest BCUT2D eigenvalue weighted by Crippen LogP contribution is 2.36. The smallest absolute Gasteiger partial charge is 0.280 e. The van der Waals surface area contributed by atoms with Crippen LogP contribution in [0.4, 0.5) is 8.78 Å². The molecule has 3 aromatic rings. The number of nitrogens with zero attached hydrogens (tertiary/aromatic N) is 3. The lowest BCUT2D eigenvalue weighted by atomic mass is 9.87. The van der Waals surface area contributed by atoms with Crippen molar-refractivity contribution < 1.29 is 13.6 Å². The van der Waals surface area contributed by atoms with Crippen molar-refractivity contribution in [3.05, 3.63) is 46.6 Å². The largest absolute Gasteiger partial charge is 0.340 e. The van der Waals surface area contributed by atoms with Gasteiger partial charge in [-0.3, -0.25) is 4.79 Å². The fourth-order valence-electron chi connectivity index (χ4n) is 3.99. The second-order valence-electron chi connectivity index (χ2n) is 8.29. The van der Waals surface area contributed by atoms with Gasteiger partial charge < -0.3 is 11.1 Å². The maximum Gasteiger partial charge on any atom is 0.280 e. The van der Waals surface area contributed by atoms with Gasteiger partial charge in [-0.15, -0.1) is 11.3 Å². The number of amides is 1. The van der Waals surface area contributed by atoms with E-state index in [4.69, 9.17) is 5.73 Å². The number of hydrogen-bond donors (Lipinski definition) is 2. The maximum absolute atomic E-state index is 14.4. The Kier molecular flexibility index (Phi) is 5.10. The molecule has 162 valence electrons. The Morgan fingerprint density at radius 3 is 2.94 bits per heavy atom. The molecule has 2 atom stereocenters. The Labute approximate surface area is 182 Å². The van der Waals surface area contributed by atoms with Crippen molar-refractivity contribution in [3.8, 4) is 11.3 Å². The zero-order valence-corrected chi connectivity index (χ0v) is 17.6. The summed E-state index contributed by atoms with van der Waals surface area (Å²) in [5.74, 6) is -3.09. The van der Waals surface area contributed by atoms with Crippen LogP contribution in [0.2, 0.25) is 0 Å². The second kappa shape index (κ2) is 7.80. The van der Waals surface area contributed by atoms with E-state index in [2.05, 4.69) is 21.5 Å². The van der Waals surface area contributed by atoms with Crippen LogP contribution >= 0.6 is 11.3 Å². The van der Waals surface area contributed by atoms with Crippen molar-refractivity contribution in [3.63, 3.8) is 0 Å². The predicted octanol–water partition coefficient (Wildman–Crippen LogP) is 4.13. The number of rotatable bonds is 5. The molecule has 6 nitrogen and oxygen atoms in total. The summed E-state index contributed by atoms with van der Waals surface area (Å²) in [5.41, 5.74) is 8.20. The summed E-state index contributed by atoms with van der Waals surface area (Å²) in [6.07, 6.45) is 10.5. The van der Waals surface area contributed by atoms with Crippen LogP contribution in [-0.2, 0) is 0 Å². The minimum absolute atomic E-state index is 0.148. The van der Waals surface area contributed by atoms with Crippen molar-refractivity contribution in [2.24, 2.45) is 11.7 Å². The fourth-order valence-corrected chi connectivity index (χ4v) is 4.88. The van der Waals surface area contributed by atoms with Crippen molar-refractivity contribution in [1.82, 2.24) is 19.9 Å². The number of pyridine rings is 1. The van der Waals surface area contributed by atoms with Gasteiger partial charge in [0.25, 0.3) is 11.8 Å². The van der Waals surface area contributed by atoms with Gasteiger partial charge in [-0.1, -0.05) is 12.1 Å². The van der Waals surface area contributed by atoms with Gasteiger partial charge in [0.2, 0.25) is 0 Å². The topological polar surface area (TPSA) is 85.3 Å². The summed E-state index contributed by atoms with van der Waals surface area (Å²) < 4.78 is 30.5. The molecule has 9 heteroatoms. The first-order chi connectivity index (χ1) is 14.9. The Bertz CT molecular complexity index is 1150. The van der Waals surface area contributed by atoms with E-state index in [0.717, 1.165) is 28.8 Å². The highest BCUT2D eigenvalue weighted by molar-refractivity contribution is 7.15. The van der Waals surface area contributed by atoms with E-state index >= 15 is 0 Å². The number of halogens is 2. The average molecular weight is 444 g/mol. The molecule has 3 N–H and O–H groups in total. The molecule has 1 amide bonds. The molecule has 0 bridgehead atoms. The molecule has 0 radical (unpaired) electrons. The summed E-state index contributed by atoms with van der Waals surface area (Å²) in [6, 6.07) is 3.56. The lowest BCUT2D eigenvalue weighted by Gasteiger charge is -2.36. The number of carbonyl (C=O) groups is 1. The molecule has 0 unspecified atom stereocenters. The van der Waals surface area contributed by atoms with E-state index in [1.54, 1.807) is 10.7 Å². The Morgan fingerprint density at radius 2 is 2.16 bits per heavy atom. The molecule has 31 heavy (non-hydrogen) atoms. The van der Waals surface area contributed by atoms with Gasteiger partial charge in [0.15, 0.2) is 5.01 Å². The van der Waals surface area contributed by atoms with Crippen molar-refractivity contribution >= 4 is 28.8 Å². The summed E-state index contributed by atoms with van der Waals surface area (Å²) in [4.78, 5) is 18.3. The fraction of sp³-hybridized carbons (Fsp3) is 0.409. The minimum atomic E-state index is -3.02. The zero-order valence-electron chi connectivity index (χ0n) is 16.8. The van der Waals surface area contributed by atoms with E-state index in [-0.39, 0.29) is 11.4 Å². The van der Waals surface area contributed by atoms with E-state index in [1.807, 2.05) is 30.5 Å². The Morgan fingerprint density at radius 1 is 1.32 bits per heavy atom. The third kappa shape index (κ3) is 3.99. The van der Waals surface area contributed by atoms with Crippen LogP contribution in [0.5, 0.6) is 0 Å². The Hall–Kier alpha value is -2.65. The van der Waals surface area contributed by atoms with Crippen LogP contribution in [0.25, 0.3) is 22.9 Å². The van der Waals surface area contributed by atoms with Gasteiger partial charge in [-0.25, -0.2) is 18.3 Å². The predicted molar refractivity (Wildman–Crippen MR) is 116 cm³/mol. The molecular formula is C22H23F2N5OS. The number of fused-ring (bicyclic) bond motifs is 1. The van der Waals surface area contributed by atoms with Crippen LogP contribution in [0, 0.1) is 5.92 Å². The molecule has 2 fully saturated rings. The molecule has 2 aliphatic carbocycles. The van der Waals surface area contributed by atoms with Crippen LogP contribution in [0.3, 0.4) is 0 Å². The van der Waals surface area contributed by atoms with Gasteiger partial charge in [0, 0.05) is 24.2 Å². The first-order valence-corrected chi connectivity index (χ1v) is 11.3. The Balaban J connectivity index is 1.49. The molecule has 0 spiro atoms. The van der Waals surface area contributed by atoms with Crippen LogP contribution in [0.15, 0.2) is 36.7 Å². The molecule has 5 rings (SSSR count). The SMILES string of the molecule is N[C@@H]1CCCC(F)(F)[C@@H]1NC(=O)c1nc(-c2cnn3ccccc23)c(/C=C/C2CC2)s1. The van der Waals surface area contributed by atoms with Crippen LogP contribution < -0.4 is 11.1 Å². The molecule has 3 heterocycles. The molecule has 0 aliphatic heterocycles. The molecule has 2 saturated carbocycles. The number of thiazole rings is 1. The lowest BCUT2D eigenvalue weighted by Crippen LogP contribution is -2.59. The van der Waals surface area contributed by atoms with E-state index in [9.17, 15) is 13.6 Å². The quantitative estimate of drug-likeness (QED) is 0.621. The number of carbonyl (C=O) groups excluding carboxylic acids is 1. The minimum Gasteiger partial charge on any atom is -0.340 e. The number of nitrogens with one attached hydrogen (secondary N) is 1. The highest BCUT2D eigenvalue weighted by atomic mass is 32.1.